The van der Waals surface area contributed by atoms with Gasteiger partial charge in [0.2, 0.25) is 0 Å². The Kier molecular flexibility index (Phi) is 5.99. The fourth-order valence-corrected chi connectivity index (χ4v) is 2.87. The highest BCUT2D eigenvalue weighted by Crippen LogP contribution is 2.21. The molecular weight excluding hydrogens is 334 g/mol. The summed E-state index contributed by atoms with van der Waals surface area (Å²) in [5, 5.41) is 6.22. The predicted octanol–water partition coefficient (Wildman–Crippen LogP) is 2.82. The number of anilines is 1. The monoisotopic (exact) mass is 355 g/mol. The standard InChI is InChI=1S/C15H22BrN3O2/c1-3-17-14-13(8-12(16)9-18-14)15(20)19-10(2)11-4-6-21-7-5-11/h8-11H,3-7H2,1-2H3,(H,17,18)(H,19,20). The molecule has 2 N–H and O–H groups in total. The molecule has 1 unspecified atom stereocenters. The third-order valence-corrected chi connectivity index (χ3v) is 4.21. The molecule has 1 aromatic rings. The summed E-state index contributed by atoms with van der Waals surface area (Å²) in [5.41, 5.74) is 0.574. The summed E-state index contributed by atoms with van der Waals surface area (Å²) in [7, 11) is 0. The van der Waals surface area contributed by atoms with E-state index in [-0.39, 0.29) is 11.9 Å². The van der Waals surface area contributed by atoms with Crippen LogP contribution in [0.2, 0.25) is 0 Å². The zero-order valence-corrected chi connectivity index (χ0v) is 14.1. The first kappa shape index (κ1) is 16.2. The number of halogens is 1. The van der Waals surface area contributed by atoms with E-state index in [2.05, 4.69) is 38.5 Å². The average molecular weight is 356 g/mol. The Morgan fingerprint density at radius 1 is 1.52 bits per heavy atom. The summed E-state index contributed by atoms with van der Waals surface area (Å²) in [6.07, 6.45) is 3.69. The van der Waals surface area contributed by atoms with Gasteiger partial charge in [-0.25, -0.2) is 4.98 Å². The first-order valence-corrected chi connectivity index (χ1v) is 8.19. The molecule has 1 saturated heterocycles. The van der Waals surface area contributed by atoms with E-state index in [1.807, 2.05) is 6.92 Å². The number of amides is 1. The van der Waals surface area contributed by atoms with Crippen LogP contribution >= 0.6 is 15.9 Å². The van der Waals surface area contributed by atoms with Crippen LogP contribution in [0.5, 0.6) is 0 Å². The zero-order chi connectivity index (χ0) is 15.2. The maximum Gasteiger partial charge on any atom is 0.255 e. The third-order valence-electron chi connectivity index (χ3n) is 3.78. The fraction of sp³-hybridized carbons (Fsp3) is 0.600. The number of hydrogen-bond acceptors (Lipinski definition) is 4. The van der Waals surface area contributed by atoms with Crippen molar-refractivity contribution in [2.24, 2.45) is 5.92 Å². The van der Waals surface area contributed by atoms with Crippen LogP contribution in [0.25, 0.3) is 0 Å². The highest BCUT2D eigenvalue weighted by molar-refractivity contribution is 9.10. The second-order valence-corrected chi connectivity index (χ2v) is 6.21. The van der Waals surface area contributed by atoms with Gasteiger partial charge < -0.3 is 15.4 Å². The van der Waals surface area contributed by atoms with E-state index in [4.69, 9.17) is 4.74 Å². The minimum Gasteiger partial charge on any atom is -0.381 e. The maximum absolute atomic E-state index is 12.5. The van der Waals surface area contributed by atoms with Gasteiger partial charge in [-0.15, -0.1) is 0 Å². The maximum atomic E-state index is 12.5. The number of rotatable bonds is 5. The lowest BCUT2D eigenvalue weighted by molar-refractivity contribution is 0.0538. The lowest BCUT2D eigenvalue weighted by Crippen LogP contribution is -2.40. The highest BCUT2D eigenvalue weighted by atomic mass is 79.9. The van der Waals surface area contributed by atoms with Crippen LogP contribution < -0.4 is 10.6 Å². The lowest BCUT2D eigenvalue weighted by Gasteiger charge is -2.28. The van der Waals surface area contributed by atoms with Crippen molar-refractivity contribution in [3.05, 3.63) is 22.3 Å². The Bertz CT molecular complexity index is 490. The van der Waals surface area contributed by atoms with Crippen molar-refractivity contribution >= 4 is 27.7 Å². The molecule has 0 bridgehead atoms. The number of ether oxygens (including phenoxy) is 1. The molecule has 1 atom stereocenters. The van der Waals surface area contributed by atoms with Gasteiger partial charge in [0.25, 0.3) is 5.91 Å². The van der Waals surface area contributed by atoms with Crippen molar-refractivity contribution in [2.75, 3.05) is 25.1 Å². The van der Waals surface area contributed by atoms with Crippen molar-refractivity contribution in [3.8, 4) is 0 Å². The van der Waals surface area contributed by atoms with E-state index in [0.717, 1.165) is 37.1 Å². The number of hydrogen-bond donors (Lipinski definition) is 2. The third kappa shape index (κ3) is 4.41. The first-order chi connectivity index (χ1) is 10.1. The summed E-state index contributed by atoms with van der Waals surface area (Å²) < 4.78 is 6.17. The first-order valence-electron chi connectivity index (χ1n) is 7.39. The molecule has 2 heterocycles. The Morgan fingerprint density at radius 2 is 2.24 bits per heavy atom. The summed E-state index contributed by atoms with van der Waals surface area (Å²) in [6.45, 7) is 6.34. The van der Waals surface area contributed by atoms with E-state index in [9.17, 15) is 4.79 Å². The van der Waals surface area contributed by atoms with Crippen LogP contribution in [0.4, 0.5) is 5.82 Å². The zero-order valence-electron chi connectivity index (χ0n) is 12.5. The van der Waals surface area contributed by atoms with Gasteiger partial charge in [-0.2, -0.15) is 0 Å². The molecule has 21 heavy (non-hydrogen) atoms. The molecular formula is C15H22BrN3O2. The van der Waals surface area contributed by atoms with Gasteiger partial charge in [-0.05, 0) is 54.6 Å². The van der Waals surface area contributed by atoms with E-state index < -0.39 is 0 Å². The predicted molar refractivity (Wildman–Crippen MR) is 86.6 cm³/mol. The van der Waals surface area contributed by atoms with Crippen LogP contribution in [-0.4, -0.2) is 36.7 Å². The molecule has 0 radical (unpaired) electrons. The molecule has 1 aromatic heterocycles. The van der Waals surface area contributed by atoms with Crippen LogP contribution in [0.1, 0.15) is 37.0 Å². The number of pyridine rings is 1. The summed E-state index contributed by atoms with van der Waals surface area (Å²) in [6, 6.07) is 1.94. The van der Waals surface area contributed by atoms with E-state index in [1.54, 1.807) is 12.3 Å². The molecule has 2 rings (SSSR count). The minimum absolute atomic E-state index is 0.0845. The highest BCUT2D eigenvalue weighted by Gasteiger charge is 2.23. The average Bonchev–Trinajstić information content (AvgIpc) is 2.50. The number of nitrogens with one attached hydrogen (secondary N) is 2. The Labute approximate surface area is 134 Å². The van der Waals surface area contributed by atoms with Crippen LogP contribution in [0.3, 0.4) is 0 Å². The van der Waals surface area contributed by atoms with Crippen molar-refractivity contribution in [2.45, 2.75) is 32.7 Å². The van der Waals surface area contributed by atoms with Gasteiger partial charge in [0.1, 0.15) is 5.82 Å². The summed E-state index contributed by atoms with van der Waals surface area (Å²) in [4.78, 5) is 16.8. The topological polar surface area (TPSA) is 63.2 Å². The Morgan fingerprint density at radius 3 is 2.90 bits per heavy atom. The SMILES string of the molecule is CCNc1ncc(Br)cc1C(=O)NC(C)C1CCOCC1. The number of carbonyl (C=O) groups is 1. The molecule has 1 aliphatic rings. The molecule has 1 aliphatic heterocycles. The van der Waals surface area contributed by atoms with Gasteiger partial charge in [-0.1, -0.05) is 0 Å². The smallest absolute Gasteiger partial charge is 0.255 e. The molecule has 116 valence electrons. The number of carbonyl (C=O) groups excluding carboxylic acids is 1. The second kappa shape index (κ2) is 7.75. The van der Waals surface area contributed by atoms with Gasteiger partial charge in [0.05, 0.1) is 5.56 Å². The normalized spacial score (nSPS) is 17.3. The fourth-order valence-electron chi connectivity index (χ4n) is 2.54. The molecule has 1 amide bonds. The molecule has 5 nitrogen and oxygen atoms in total. The van der Waals surface area contributed by atoms with Crippen molar-refractivity contribution in [1.82, 2.24) is 10.3 Å². The largest absolute Gasteiger partial charge is 0.381 e. The van der Waals surface area contributed by atoms with Crippen molar-refractivity contribution in [1.29, 1.82) is 0 Å². The molecule has 0 spiro atoms. The molecule has 1 fully saturated rings. The van der Waals surface area contributed by atoms with Gasteiger partial charge in [0.15, 0.2) is 0 Å². The van der Waals surface area contributed by atoms with Gasteiger partial charge >= 0.3 is 0 Å². The molecule has 0 aromatic carbocycles. The van der Waals surface area contributed by atoms with Crippen molar-refractivity contribution in [3.63, 3.8) is 0 Å². The van der Waals surface area contributed by atoms with E-state index in [1.165, 1.54) is 0 Å². The van der Waals surface area contributed by atoms with Crippen LogP contribution in [-0.2, 0) is 4.74 Å². The summed E-state index contributed by atoms with van der Waals surface area (Å²) in [5.74, 6) is 1.02. The van der Waals surface area contributed by atoms with Gasteiger partial charge in [0, 0.05) is 36.5 Å². The quantitative estimate of drug-likeness (QED) is 0.852. The molecule has 0 aliphatic carbocycles. The van der Waals surface area contributed by atoms with Crippen LogP contribution in [0, 0.1) is 5.92 Å². The van der Waals surface area contributed by atoms with Crippen molar-refractivity contribution < 1.29 is 9.53 Å². The van der Waals surface area contributed by atoms with Gasteiger partial charge in [-0.3, -0.25) is 4.79 Å². The number of aromatic nitrogens is 1. The second-order valence-electron chi connectivity index (χ2n) is 5.29. The Balaban J connectivity index is 2.06. The lowest BCUT2D eigenvalue weighted by atomic mass is 9.93. The van der Waals surface area contributed by atoms with E-state index >= 15 is 0 Å². The van der Waals surface area contributed by atoms with Crippen LogP contribution in [0.15, 0.2) is 16.7 Å². The number of nitrogens with zero attached hydrogens (tertiary/aromatic N) is 1. The van der Waals surface area contributed by atoms with E-state index in [0.29, 0.717) is 17.3 Å². The Hall–Kier alpha value is -1.14. The molecule has 6 heteroatoms. The molecule has 0 saturated carbocycles. The minimum atomic E-state index is -0.0845. The summed E-state index contributed by atoms with van der Waals surface area (Å²) >= 11 is 3.37.